The third kappa shape index (κ3) is 4.84. The number of nitrogens with one attached hydrogen (secondary N) is 1. The number of benzene rings is 1. The summed E-state index contributed by atoms with van der Waals surface area (Å²) in [5, 5.41) is 4.21. The molecule has 1 N–H and O–H groups in total. The Morgan fingerprint density at radius 1 is 1.38 bits per heavy atom. The predicted octanol–water partition coefficient (Wildman–Crippen LogP) is 2.65. The summed E-state index contributed by atoms with van der Waals surface area (Å²) in [6, 6.07) is 5.46. The standard InChI is InChI=1S/C11H13Cl2NO2/c1-8(15)16-5-4-14-7-9-2-3-10(12)11(13)6-9/h2-3,6,14H,4-5,7H2,1H3. The molecule has 0 atom stereocenters. The van der Waals surface area contributed by atoms with Crippen molar-refractivity contribution in [3.63, 3.8) is 0 Å². The second kappa shape index (κ2) is 6.74. The Morgan fingerprint density at radius 2 is 2.12 bits per heavy atom. The normalized spacial score (nSPS) is 10.2. The lowest BCUT2D eigenvalue weighted by molar-refractivity contribution is -0.140. The van der Waals surface area contributed by atoms with Crippen molar-refractivity contribution in [1.82, 2.24) is 5.32 Å². The highest BCUT2D eigenvalue weighted by Gasteiger charge is 1.99. The van der Waals surface area contributed by atoms with Crippen LogP contribution >= 0.6 is 23.2 Å². The Morgan fingerprint density at radius 3 is 2.75 bits per heavy atom. The van der Waals surface area contributed by atoms with Gasteiger partial charge in [0.1, 0.15) is 6.61 Å². The molecule has 0 aromatic heterocycles. The van der Waals surface area contributed by atoms with Crippen LogP contribution in [0.2, 0.25) is 10.0 Å². The monoisotopic (exact) mass is 261 g/mol. The van der Waals surface area contributed by atoms with Gasteiger partial charge in [-0.1, -0.05) is 29.3 Å². The predicted molar refractivity (Wildman–Crippen MR) is 64.8 cm³/mol. The van der Waals surface area contributed by atoms with Crippen LogP contribution in [0.3, 0.4) is 0 Å². The van der Waals surface area contributed by atoms with Gasteiger partial charge >= 0.3 is 5.97 Å². The Labute approximate surface area is 105 Å². The Kier molecular flexibility index (Phi) is 5.60. The number of rotatable bonds is 5. The van der Waals surface area contributed by atoms with Crippen LogP contribution in [0.1, 0.15) is 12.5 Å². The summed E-state index contributed by atoms with van der Waals surface area (Å²) in [5.41, 5.74) is 1.04. The van der Waals surface area contributed by atoms with E-state index in [1.54, 1.807) is 6.07 Å². The van der Waals surface area contributed by atoms with Crippen LogP contribution in [-0.2, 0) is 16.1 Å². The van der Waals surface area contributed by atoms with Gasteiger partial charge in [-0.25, -0.2) is 0 Å². The lowest BCUT2D eigenvalue weighted by Crippen LogP contribution is -2.20. The van der Waals surface area contributed by atoms with Gasteiger partial charge in [-0.2, -0.15) is 0 Å². The van der Waals surface area contributed by atoms with Crippen LogP contribution in [-0.4, -0.2) is 19.1 Å². The summed E-state index contributed by atoms with van der Waals surface area (Å²) in [6.07, 6.45) is 0. The Hall–Kier alpha value is -0.770. The summed E-state index contributed by atoms with van der Waals surface area (Å²) in [5.74, 6) is -0.267. The summed E-state index contributed by atoms with van der Waals surface area (Å²) in [6.45, 7) is 3.04. The maximum Gasteiger partial charge on any atom is 0.302 e. The molecule has 1 aromatic carbocycles. The smallest absolute Gasteiger partial charge is 0.302 e. The third-order valence-electron chi connectivity index (χ3n) is 1.90. The molecule has 88 valence electrons. The number of esters is 1. The van der Waals surface area contributed by atoms with Crippen LogP contribution < -0.4 is 5.32 Å². The summed E-state index contributed by atoms with van der Waals surface area (Å²) >= 11 is 11.7. The molecule has 0 amide bonds. The fourth-order valence-corrected chi connectivity index (χ4v) is 1.47. The van der Waals surface area contributed by atoms with Gasteiger partial charge < -0.3 is 10.1 Å². The minimum atomic E-state index is -0.267. The zero-order chi connectivity index (χ0) is 12.0. The lowest BCUT2D eigenvalue weighted by Gasteiger charge is -2.06. The minimum absolute atomic E-state index is 0.267. The second-order valence-electron chi connectivity index (χ2n) is 3.27. The highest BCUT2D eigenvalue weighted by Crippen LogP contribution is 2.22. The molecule has 0 aliphatic heterocycles. The molecule has 0 spiro atoms. The van der Waals surface area contributed by atoms with Gasteiger partial charge in [0.15, 0.2) is 0 Å². The molecule has 0 radical (unpaired) electrons. The Bertz CT molecular complexity index is 369. The van der Waals surface area contributed by atoms with E-state index in [4.69, 9.17) is 27.9 Å². The van der Waals surface area contributed by atoms with Gasteiger partial charge in [-0.3, -0.25) is 4.79 Å². The van der Waals surface area contributed by atoms with E-state index >= 15 is 0 Å². The molecule has 1 rings (SSSR count). The van der Waals surface area contributed by atoms with E-state index < -0.39 is 0 Å². The minimum Gasteiger partial charge on any atom is -0.465 e. The molecule has 0 fully saturated rings. The van der Waals surface area contributed by atoms with Crippen molar-refractivity contribution in [1.29, 1.82) is 0 Å². The number of carbonyl (C=O) groups excluding carboxylic acids is 1. The molecule has 0 saturated carbocycles. The van der Waals surface area contributed by atoms with Crippen molar-refractivity contribution in [2.24, 2.45) is 0 Å². The van der Waals surface area contributed by atoms with E-state index in [9.17, 15) is 4.79 Å². The van der Waals surface area contributed by atoms with Crippen LogP contribution in [0.5, 0.6) is 0 Å². The average Bonchev–Trinajstić information content (AvgIpc) is 2.22. The first-order chi connectivity index (χ1) is 7.59. The number of carbonyl (C=O) groups is 1. The van der Waals surface area contributed by atoms with Crippen LogP contribution in [0.4, 0.5) is 0 Å². The largest absolute Gasteiger partial charge is 0.465 e. The molecular formula is C11H13Cl2NO2. The topological polar surface area (TPSA) is 38.3 Å². The van der Waals surface area contributed by atoms with Gasteiger partial charge in [0, 0.05) is 20.0 Å². The van der Waals surface area contributed by atoms with Crippen LogP contribution in [0.25, 0.3) is 0 Å². The first-order valence-electron chi connectivity index (χ1n) is 4.87. The maximum atomic E-state index is 10.5. The molecule has 0 bridgehead atoms. The van der Waals surface area contributed by atoms with Crippen molar-refractivity contribution >= 4 is 29.2 Å². The Balaban J connectivity index is 2.27. The van der Waals surface area contributed by atoms with Crippen molar-refractivity contribution in [3.05, 3.63) is 33.8 Å². The van der Waals surface area contributed by atoms with Crippen LogP contribution in [0.15, 0.2) is 18.2 Å². The highest BCUT2D eigenvalue weighted by molar-refractivity contribution is 6.42. The van der Waals surface area contributed by atoms with Gasteiger partial charge in [0.05, 0.1) is 10.0 Å². The fraction of sp³-hybridized carbons (Fsp3) is 0.364. The first kappa shape index (κ1) is 13.3. The molecule has 0 heterocycles. The number of ether oxygens (including phenoxy) is 1. The van der Waals surface area contributed by atoms with E-state index in [2.05, 4.69) is 5.32 Å². The molecule has 16 heavy (non-hydrogen) atoms. The average molecular weight is 262 g/mol. The molecule has 5 heteroatoms. The highest BCUT2D eigenvalue weighted by atomic mass is 35.5. The van der Waals surface area contributed by atoms with Gasteiger partial charge in [-0.05, 0) is 17.7 Å². The fourth-order valence-electron chi connectivity index (χ4n) is 1.15. The van der Waals surface area contributed by atoms with E-state index in [1.165, 1.54) is 6.92 Å². The summed E-state index contributed by atoms with van der Waals surface area (Å²) in [4.78, 5) is 10.5. The van der Waals surface area contributed by atoms with Gasteiger partial charge in [-0.15, -0.1) is 0 Å². The zero-order valence-corrected chi connectivity index (χ0v) is 10.4. The van der Waals surface area contributed by atoms with Gasteiger partial charge in [0.25, 0.3) is 0 Å². The quantitative estimate of drug-likeness (QED) is 0.654. The SMILES string of the molecule is CC(=O)OCCNCc1ccc(Cl)c(Cl)c1. The van der Waals surface area contributed by atoms with Crippen molar-refractivity contribution in [3.8, 4) is 0 Å². The third-order valence-corrected chi connectivity index (χ3v) is 2.64. The number of halogens is 2. The van der Waals surface area contributed by atoms with E-state index in [0.29, 0.717) is 29.7 Å². The molecule has 3 nitrogen and oxygen atoms in total. The molecule has 0 aliphatic rings. The van der Waals surface area contributed by atoms with Crippen molar-refractivity contribution in [2.45, 2.75) is 13.5 Å². The number of hydrogen-bond acceptors (Lipinski definition) is 3. The second-order valence-corrected chi connectivity index (χ2v) is 4.08. The molecular weight excluding hydrogens is 249 g/mol. The summed E-state index contributed by atoms with van der Waals surface area (Å²) < 4.78 is 4.77. The zero-order valence-electron chi connectivity index (χ0n) is 8.93. The summed E-state index contributed by atoms with van der Waals surface area (Å²) in [7, 11) is 0. The molecule has 1 aromatic rings. The van der Waals surface area contributed by atoms with E-state index in [-0.39, 0.29) is 5.97 Å². The van der Waals surface area contributed by atoms with Crippen molar-refractivity contribution < 1.29 is 9.53 Å². The maximum absolute atomic E-state index is 10.5. The van der Waals surface area contributed by atoms with Crippen molar-refractivity contribution in [2.75, 3.05) is 13.2 Å². The molecule has 0 saturated heterocycles. The lowest BCUT2D eigenvalue weighted by atomic mass is 10.2. The first-order valence-corrected chi connectivity index (χ1v) is 5.63. The molecule has 0 unspecified atom stereocenters. The van der Waals surface area contributed by atoms with Gasteiger partial charge in [0.2, 0.25) is 0 Å². The number of hydrogen-bond donors (Lipinski definition) is 1. The van der Waals surface area contributed by atoms with E-state index in [0.717, 1.165) is 5.56 Å². The molecule has 0 aliphatic carbocycles. The van der Waals surface area contributed by atoms with E-state index in [1.807, 2.05) is 12.1 Å². The van der Waals surface area contributed by atoms with Crippen LogP contribution in [0, 0.1) is 0 Å².